The van der Waals surface area contributed by atoms with Gasteiger partial charge in [-0.2, -0.15) is 0 Å². The summed E-state index contributed by atoms with van der Waals surface area (Å²) in [6.07, 6.45) is 11.7. The molecule has 0 nitrogen and oxygen atoms in total. The van der Waals surface area contributed by atoms with Crippen molar-refractivity contribution in [3.8, 4) is 0 Å². The SMILES string of the molecule is CCCC1CCC(C2CCC(C3Cc4ccc(F)c(F)c4C3(F)F)CC2)CC1. The lowest BCUT2D eigenvalue weighted by Crippen LogP contribution is -2.33. The van der Waals surface area contributed by atoms with E-state index in [-0.39, 0.29) is 12.3 Å². The van der Waals surface area contributed by atoms with Gasteiger partial charge < -0.3 is 0 Å². The van der Waals surface area contributed by atoms with Crippen molar-refractivity contribution in [3.63, 3.8) is 0 Å². The lowest BCUT2D eigenvalue weighted by Gasteiger charge is -2.40. The molecule has 0 heterocycles. The fourth-order valence-corrected chi connectivity index (χ4v) is 6.51. The minimum Gasteiger partial charge on any atom is -0.204 e. The van der Waals surface area contributed by atoms with Crippen molar-refractivity contribution in [1.82, 2.24) is 0 Å². The fourth-order valence-electron chi connectivity index (χ4n) is 6.51. The molecular formula is C24H32F4. The zero-order valence-electron chi connectivity index (χ0n) is 16.8. The minimum absolute atomic E-state index is 0.0856. The highest BCUT2D eigenvalue weighted by Crippen LogP contribution is 2.54. The van der Waals surface area contributed by atoms with Crippen molar-refractivity contribution < 1.29 is 17.6 Å². The summed E-state index contributed by atoms with van der Waals surface area (Å²) in [4.78, 5) is 0. The van der Waals surface area contributed by atoms with Crippen LogP contribution in [0.2, 0.25) is 0 Å². The molecule has 2 fully saturated rings. The third-order valence-electron chi connectivity index (χ3n) is 8.06. The van der Waals surface area contributed by atoms with Crippen LogP contribution in [0, 0.1) is 41.2 Å². The Balaban J connectivity index is 1.37. The van der Waals surface area contributed by atoms with Crippen LogP contribution in [0.4, 0.5) is 17.6 Å². The molecule has 1 aromatic rings. The van der Waals surface area contributed by atoms with Crippen LogP contribution in [-0.2, 0) is 12.3 Å². The van der Waals surface area contributed by atoms with Gasteiger partial charge in [0.05, 0.1) is 5.56 Å². The summed E-state index contributed by atoms with van der Waals surface area (Å²) < 4.78 is 57.6. The first-order valence-electron chi connectivity index (χ1n) is 11.3. The van der Waals surface area contributed by atoms with E-state index < -0.39 is 29.0 Å². The van der Waals surface area contributed by atoms with E-state index >= 15 is 0 Å². The summed E-state index contributed by atoms with van der Waals surface area (Å²) in [5, 5.41) is 0. The quantitative estimate of drug-likeness (QED) is 0.459. The molecule has 0 amide bonds. The van der Waals surface area contributed by atoms with Crippen LogP contribution in [0.15, 0.2) is 12.1 Å². The maximum Gasteiger partial charge on any atom is 0.279 e. The van der Waals surface area contributed by atoms with Gasteiger partial charge >= 0.3 is 0 Å². The Bertz CT molecular complexity index is 682. The molecule has 0 aromatic heterocycles. The molecule has 28 heavy (non-hydrogen) atoms. The van der Waals surface area contributed by atoms with Gasteiger partial charge in [-0.1, -0.05) is 38.7 Å². The van der Waals surface area contributed by atoms with E-state index in [4.69, 9.17) is 0 Å². The Morgan fingerprint density at radius 1 is 0.857 bits per heavy atom. The molecule has 1 unspecified atom stereocenters. The number of halogens is 4. The average Bonchev–Trinajstić information content (AvgIpc) is 2.97. The average molecular weight is 397 g/mol. The van der Waals surface area contributed by atoms with Crippen LogP contribution in [-0.4, -0.2) is 0 Å². The molecule has 1 atom stereocenters. The van der Waals surface area contributed by atoms with Gasteiger partial charge in [0, 0.05) is 5.92 Å². The van der Waals surface area contributed by atoms with E-state index in [1.807, 2.05) is 0 Å². The molecular weight excluding hydrogens is 364 g/mol. The van der Waals surface area contributed by atoms with Crippen molar-refractivity contribution in [2.45, 2.75) is 83.5 Å². The van der Waals surface area contributed by atoms with E-state index in [0.29, 0.717) is 11.5 Å². The van der Waals surface area contributed by atoms with E-state index in [0.717, 1.165) is 43.6 Å². The summed E-state index contributed by atoms with van der Waals surface area (Å²) in [6, 6.07) is 2.33. The highest BCUT2D eigenvalue weighted by Gasteiger charge is 2.54. The summed E-state index contributed by atoms with van der Waals surface area (Å²) >= 11 is 0. The highest BCUT2D eigenvalue weighted by atomic mass is 19.3. The van der Waals surface area contributed by atoms with Gasteiger partial charge in [0.25, 0.3) is 5.92 Å². The van der Waals surface area contributed by atoms with Gasteiger partial charge in [0.15, 0.2) is 11.6 Å². The topological polar surface area (TPSA) is 0 Å². The number of alkyl halides is 2. The Labute approximate surface area is 166 Å². The second-order valence-corrected chi connectivity index (χ2v) is 9.57. The zero-order valence-corrected chi connectivity index (χ0v) is 16.8. The fraction of sp³-hybridized carbons (Fsp3) is 0.750. The van der Waals surface area contributed by atoms with Gasteiger partial charge in [-0.05, 0) is 80.2 Å². The lowest BCUT2D eigenvalue weighted by molar-refractivity contribution is -0.0856. The first kappa shape index (κ1) is 20.2. The van der Waals surface area contributed by atoms with E-state index in [1.165, 1.54) is 44.6 Å². The minimum atomic E-state index is -3.25. The number of hydrogen-bond acceptors (Lipinski definition) is 0. The van der Waals surface area contributed by atoms with Crippen LogP contribution in [0.25, 0.3) is 0 Å². The second kappa shape index (κ2) is 7.99. The van der Waals surface area contributed by atoms with Gasteiger partial charge in [-0.15, -0.1) is 0 Å². The molecule has 3 aliphatic carbocycles. The molecule has 0 aliphatic heterocycles. The van der Waals surface area contributed by atoms with E-state index in [1.54, 1.807) is 0 Å². The zero-order chi connectivity index (χ0) is 19.9. The van der Waals surface area contributed by atoms with Gasteiger partial charge in [0.2, 0.25) is 0 Å². The molecule has 2 saturated carbocycles. The summed E-state index contributed by atoms with van der Waals surface area (Å²) in [6.45, 7) is 2.25. The molecule has 4 heteroatoms. The largest absolute Gasteiger partial charge is 0.279 e. The standard InChI is InChI=1S/C24H32F4/c1-2-3-15-4-6-16(7-5-15)17-8-10-18(11-9-17)20-14-19-12-13-21(25)23(26)22(19)24(20,27)28/h12-13,15-18,20H,2-11,14H2,1H3. The molecule has 0 saturated heterocycles. The summed E-state index contributed by atoms with van der Waals surface area (Å²) in [7, 11) is 0. The first-order chi connectivity index (χ1) is 13.4. The van der Waals surface area contributed by atoms with Crippen molar-refractivity contribution >= 4 is 0 Å². The molecule has 156 valence electrons. The van der Waals surface area contributed by atoms with Crippen LogP contribution >= 0.6 is 0 Å². The number of benzene rings is 1. The smallest absolute Gasteiger partial charge is 0.204 e. The Morgan fingerprint density at radius 2 is 1.43 bits per heavy atom. The molecule has 0 radical (unpaired) electrons. The maximum atomic E-state index is 15.0. The summed E-state index contributed by atoms with van der Waals surface area (Å²) in [5.74, 6) is -4.39. The third kappa shape index (κ3) is 3.61. The Hall–Kier alpha value is -1.06. The van der Waals surface area contributed by atoms with E-state index in [9.17, 15) is 17.6 Å². The van der Waals surface area contributed by atoms with E-state index in [2.05, 4.69) is 6.92 Å². The van der Waals surface area contributed by atoms with Crippen molar-refractivity contribution in [2.75, 3.05) is 0 Å². The summed E-state index contributed by atoms with van der Waals surface area (Å²) in [5.41, 5.74) is -0.376. The molecule has 0 spiro atoms. The lowest BCUT2D eigenvalue weighted by atomic mass is 9.66. The molecule has 3 aliphatic rings. The predicted octanol–water partition coefficient (Wildman–Crippen LogP) is 7.64. The Morgan fingerprint density at radius 3 is 2.04 bits per heavy atom. The predicted molar refractivity (Wildman–Crippen MR) is 103 cm³/mol. The normalized spacial score (nSPS) is 35.0. The van der Waals surface area contributed by atoms with Gasteiger partial charge in [-0.3, -0.25) is 0 Å². The second-order valence-electron chi connectivity index (χ2n) is 9.57. The van der Waals surface area contributed by atoms with Crippen LogP contribution < -0.4 is 0 Å². The van der Waals surface area contributed by atoms with Gasteiger partial charge in [0.1, 0.15) is 0 Å². The molecule has 4 rings (SSSR count). The van der Waals surface area contributed by atoms with Gasteiger partial charge in [-0.25, -0.2) is 17.6 Å². The monoisotopic (exact) mass is 396 g/mol. The molecule has 1 aromatic carbocycles. The Kier molecular flexibility index (Phi) is 5.77. The van der Waals surface area contributed by atoms with Crippen molar-refractivity contribution in [1.29, 1.82) is 0 Å². The van der Waals surface area contributed by atoms with Crippen molar-refractivity contribution in [2.24, 2.45) is 29.6 Å². The van der Waals surface area contributed by atoms with Crippen LogP contribution in [0.5, 0.6) is 0 Å². The van der Waals surface area contributed by atoms with Crippen molar-refractivity contribution in [3.05, 3.63) is 34.9 Å². The van der Waals surface area contributed by atoms with Crippen LogP contribution in [0.3, 0.4) is 0 Å². The number of fused-ring (bicyclic) bond motifs is 1. The molecule has 0 bridgehead atoms. The highest BCUT2D eigenvalue weighted by molar-refractivity contribution is 5.39. The van der Waals surface area contributed by atoms with Crippen LogP contribution in [0.1, 0.15) is 82.3 Å². The maximum absolute atomic E-state index is 15.0. The third-order valence-corrected chi connectivity index (χ3v) is 8.06. The first-order valence-corrected chi connectivity index (χ1v) is 11.3. The molecule has 0 N–H and O–H groups in total. The number of hydrogen-bond donors (Lipinski definition) is 0. The number of rotatable bonds is 4.